The van der Waals surface area contributed by atoms with Gasteiger partial charge in [-0.15, -0.1) is 12.4 Å². The number of rotatable bonds is 6. The molecule has 1 amide bonds. The summed E-state index contributed by atoms with van der Waals surface area (Å²) in [6, 6.07) is 0. The fraction of sp³-hybridized carbons (Fsp3) is 0.733. The van der Waals surface area contributed by atoms with E-state index < -0.39 is 6.55 Å². The topological polar surface area (TPSA) is 59.0 Å². The summed E-state index contributed by atoms with van der Waals surface area (Å²) in [6.45, 7) is 3.27. The van der Waals surface area contributed by atoms with E-state index in [4.69, 9.17) is 0 Å². The van der Waals surface area contributed by atoms with Gasteiger partial charge in [-0.25, -0.2) is 4.68 Å². The minimum atomic E-state index is -2.67. The smallest absolute Gasteiger partial charge is 0.333 e. The number of halogens is 3. The molecule has 1 aliphatic heterocycles. The molecule has 1 aromatic heterocycles. The monoisotopic (exact) mass is 350 g/mol. The first-order valence-electron chi connectivity index (χ1n) is 7.79. The molecule has 5 nitrogen and oxygen atoms in total. The van der Waals surface area contributed by atoms with Gasteiger partial charge in [0.2, 0.25) is 5.91 Å². The number of aryl methyl sites for hydroxylation is 1. The second-order valence-electron chi connectivity index (χ2n) is 5.90. The average molecular weight is 351 g/mol. The lowest BCUT2D eigenvalue weighted by atomic mass is 9.96. The Morgan fingerprint density at radius 2 is 2.22 bits per heavy atom. The fourth-order valence-electron chi connectivity index (χ4n) is 2.95. The van der Waals surface area contributed by atoms with Gasteiger partial charge in [0.05, 0.1) is 12.1 Å². The highest BCUT2D eigenvalue weighted by atomic mass is 35.5. The van der Waals surface area contributed by atoms with Gasteiger partial charge in [0.1, 0.15) is 0 Å². The Balaban J connectivity index is 0.00000264. The van der Waals surface area contributed by atoms with E-state index in [9.17, 15) is 13.6 Å². The second-order valence-corrected chi connectivity index (χ2v) is 5.90. The van der Waals surface area contributed by atoms with Gasteiger partial charge < -0.3 is 10.6 Å². The minimum Gasteiger partial charge on any atom is -0.356 e. The largest absolute Gasteiger partial charge is 0.356 e. The molecule has 23 heavy (non-hydrogen) atoms. The molecule has 0 bridgehead atoms. The van der Waals surface area contributed by atoms with Crippen LogP contribution >= 0.6 is 12.4 Å². The van der Waals surface area contributed by atoms with Crippen LogP contribution in [0.15, 0.2) is 0 Å². The van der Waals surface area contributed by atoms with Crippen LogP contribution in [0.25, 0.3) is 0 Å². The third-order valence-corrected chi connectivity index (χ3v) is 4.27. The van der Waals surface area contributed by atoms with Crippen LogP contribution in [0.5, 0.6) is 0 Å². The quantitative estimate of drug-likeness (QED) is 0.828. The van der Waals surface area contributed by atoms with Crippen molar-refractivity contribution in [3.05, 3.63) is 17.0 Å². The lowest BCUT2D eigenvalue weighted by Crippen LogP contribution is -2.33. The maximum Gasteiger partial charge on any atom is 0.333 e. The highest BCUT2D eigenvalue weighted by Crippen LogP contribution is 2.19. The summed E-state index contributed by atoms with van der Waals surface area (Å²) in [6.07, 6.45) is 3.44. The number of aromatic nitrogens is 2. The van der Waals surface area contributed by atoms with Crippen molar-refractivity contribution in [3.8, 4) is 0 Å². The minimum absolute atomic E-state index is 0. The molecule has 8 heteroatoms. The van der Waals surface area contributed by atoms with Crippen LogP contribution < -0.4 is 10.6 Å². The van der Waals surface area contributed by atoms with E-state index in [1.165, 1.54) is 12.8 Å². The average Bonchev–Trinajstić information content (AvgIpc) is 2.76. The van der Waals surface area contributed by atoms with Gasteiger partial charge in [0.15, 0.2) is 0 Å². The van der Waals surface area contributed by atoms with E-state index in [1.807, 2.05) is 0 Å². The van der Waals surface area contributed by atoms with E-state index in [-0.39, 0.29) is 24.7 Å². The molecule has 1 aromatic rings. The molecule has 0 aliphatic carbocycles. The summed E-state index contributed by atoms with van der Waals surface area (Å²) < 4.78 is 26.2. The molecular formula is C15H25ClF2N4O. The number of alkyl halides is 2. The van der Waals surface area contributed by atoms with Gasteiger partial charge in [-0.1, -0.05) is 0 Å². The number of carbonyl (C=O) groups is 1. The normalized spacial score (nSPS) is 17.9. The molecule has 1 unspecified atom stereocenters. The first-order chi connectivity index (χ1) is 10.5. The first-order valence-corrected chi connectivity index (χ1v) is 7.79. The van der Waals surface area contributed by atoms with Crippen molar-refractivity contribution in [3.63, 3.8) is 0 Å². The molecule has 0 spiro atoms. The predicted molar refractivity (Wildman–Crippen MR) is 87.1 cm³/mol. The van der Waals surface area contributed by atoms with Crippen molar-refractivity contribution in [2.24, 2.45) is 5.92 Å². The molecule has 1 fully saturated rings. The van der Waals surface area contributed by atoms with Crippen LogP contribution in [0.2, 0.25) is 0 Å². The zero-order valence-corrected chi connectivity index (χ0v) is 14.4. The highest BCUT2D eigenvalue weighted by Gasteiger charge is 2.19. The van der Waals surface area contributed by atoms with Gasteiger partial charge in [-0.3, -0.25) is 4.79 Å². The zero-order chi connectivity index (χ0) is 16.1. The van der Waals surface area contributed by atoms with Crippen molar-refractivity contribution in [1.29, 1.82) is 0 Å². The summed E-state index contributed by atoms with van der Waals surface area (Å²) in [5.41, 5.74) is 1.45. The molecule has 2 rings (SSSR count). The molecule has 0 radical (unpaired) electrons. The molecule has 0 saturated carbocycles. The second kappa shape index (κ2) is 9.17. The Labute approximate surface area is 141 Å². The van der Waals surface area contributed by atoms with Gasteiger partial charge >= 0.3 is 6.55 Å². The SMILES string of the molecule is Cc1nn(C(F)F)c(C)c1CC(=O)NCCC1CCCNC1.Cl. The third-order valence-electron chi connectivity index (χ3n) is 4.27. The van der Waals surface area contributed by atoms with Crippen molar-refractivity contribution in [2.45, 2.75) is 46.1 Å². The van der Waals surface area contributed by atoms with Crippen LogP contribution in [-0.4, -0.2) is 35.3 Å². The number of nitrogens with one attached hydrogen (secondary N) is 2. The van der Waals surface area contributed by atoms with Crippen molar-refractivity contribution in [2.75, 3.05) is 19.6 Å². The van der Waals surface area contributed by atoms with Crippen molar-refractivity contribution in [1.82, 2.24) is 20.4 Å². The first kappa shape index (κ1) is 19.8. The van der Waals surface area contributed by atoms with Gasteiger partial charge in [0.25, 0.3) is 0 Å². The predicted octanol–water partition coefficient (Wildman–Crippen LogP) is 2.37. The fourth-order valence-corrected chi connectivity index (χ4v) is 2.95. The van der Waals surface area contributed by atoms with Crippen molar-refractivity contribution < 1.29 is 13.6 Å². The van der Waals surface area contributed by atoms with Gasteiger partial charge in [-0.2, -0.15) is 13.9 Å². The van der Waals surface area contributed by atoms with E-state index in [0.717, 1.165) is 19.5 Å². The Morgan fingerprint density at radius 3 is 2.78 bits per heavy atom. The zero-order valence-electron chi connectivity index (χ0n) is 13.6. The van der Waals surface area contributed by atoms with Gasteiger partial charge in [-0.05, 0) is 52.1 Å². The van der Waals surface area contributed by atoms with Crippen LogP contribution in [0.1, 0.15) is 42.8 Å². The lowest BCUT2D eigenvalue weighted by molar-refractivity contribution is -0.120. The third kappa shape index (κ3) is 5.42. The van der Waals surface area contributed by atoms with Crippen LogP contribution in [-0.2, 0) is 11.2 Å². The van der Waals surface area contributed by atoms with E-state index in [2.05, 4.69) is 15.7 Å². The standard InChI is InChI=1S/C15H24F2N4O.ClH/c1-10-13(11(2)21(20-10)15(16)17)8-14(22)19-7-5-12-4-3-6-18-9-12;/h12,15,18H,3-9H2,1-2H3,(H,19,22);1H. The summed E-state index contributed by atoms with van der Waals surface area (Å²) >= 11 is 0. The lowest BCUT2D eigenvalue weighted by Gasteiger charge is -2.22. The number of carbonyl (C=O) groups excluding carboxylic acids is 1. The molecule has 132 valence electrons. The molecule has 2 N–H and O–H groups in total. The summed E-state index contributed by atoms with van der Waals surface area (Å²) in [4.78, 5) is 12.0. The van der Waals surface area contributed by atoms with Gasteiger partial charge in [0, 0.05) is 17.8 Å². The number of hydrogen-bond donors (Lipinski definition) is 2. The van der Waals surface area contributed by atoms with Crippen LogP contribution in [0.3, 0.4) is 0 Å². The van der Waals surface area contributed by atoms with E-state index in [1.54, 1.807) is 13.8 Å². The Morgan fingerprint density at radius 1 is 1.48 bits per heavy atom. The summed E-state index contributed by atoms with van der Waals surface area (Å²) in [5.74, 6) is 0.475. The molecule has 2 heterocycles. The summed E-state index contributed by atoms with van der Waals surface area (Å²) in [5, 5.41) is 10.0. The maximum atomic E-state index is 12.8. The molecule has 1 saturated heterocycles. The number of hydrogen-bond acceptors (Lipinski definition) is 3. The highest BCUT2D eigenvalue weighted by molar-refractivity contribution is 5.85. The number of piperidine rings is 1. The van der Waals surface area contributed by atoms with Crippen LogP contribution in [0, 0.1) is 19.8 Å². The number of nitrogens with zero attached hydrogens (tertiary/aromatic N) is 2. The molecule has 0 aromatic carbocycles. The van der Waals surface area contributed by atoms with Crippen molar-refractivity contribution >= 4 is 18.3 Å². The molecular weight excluding hydrogens is 326 g/mol. The Hall–Kier alpha value is -1.21. The Kier molecular flexibility index (Phi) is 7.91. The molecule has 1 aliphatic rings. The number of amides is 1. The Bertz CT molecular complexity index is 516. The maximum absolute atomic E-state index is 12.8. The molecule has 1 atom stereocenters. The van der Waals surface area contributed by atoms with E-state index >= 15 is 0 Å². The van der Waals surface area contributed by atoms with Crippen LogP contribution in [0.4, 0.5) is 8.78 Å². The van der Waals surface area contributed by atoms with E-state index in [0.29, 0.717) is 34.1 Å². The summed E-state index contributed by atoms with van der Waals surface area (Å²) in [7, 11) is 0.